The van der Waals surface area contributed by atoms with Crippen molar-refractivity contribution in [2.24, 2.45) is 5.73 Å². The molecule has 0 spiro atoms. The molecule has 1 aromatic carbocycles. The molecule has 0 radical (unpaired) electrons. The van der Waals surface area contributed by atoms with E-state index in [2.05, 4.69) is 9.97 Å². The highest BCUT2D eigenvalue weighted by molar-refractivity contribution is 5.77. The third-order valence-corrected chi connectivity index (χ3v) is 3.65. The van der Waals surface area contributed by atoms with Crippen molar-refractivity contribution < 1.29 is 13.9 Å². The number of nitrogens with zero attached hydrogens (tertiary/aromatic N) is 3. The van der Waals surface area contributed by atoms with Gasteiger partial charge in [0.25, 0.3) is 5.56 Å². The zero-order valence-corrected chi connectivity index (χ0v) is 13.3. The summed E-state index contributed by atoms with van der Waals surface area (Å²) < 4.78 is 19.8. The van der Waals surface area contributed by atoms with Crippen LogP contribution in [0.25, 0.3) is 10.9 Å². The molecule has 0 aliphatic carbocycles. The second kappa shape index (κ2) is 6.68. The minimum atomic E-state index is -0.981. The number of nitrogens with two attached hydrogens (primary N) is 1. The molecule has 3 aromatic rings. The van der Waals surface area contributed by atoms with Crippen molar-refractivity contribution in [2.75, 3.05) is 0 Å². The van der Waals surface area contributed by atoms with Crippen LogP contribution < -0.4 is 11.3 Å². The van der Waals surface area contributed by atoms with Gasteiger partial charge in [0.2, 0.25) is 0 Å². The second-order valence-corrected chi connectivity index (χ2v) is 5.42. The first kappa shape index (κ1) is 16.6. The maximum Gasteiger partial charge on any atom is 0.405 e. The first-order valence-corrected chi connectivity index (χ1v) is 7.51. The van der Waals surface area contributed by atoms with Gasteiger partial charge in [0, 0.05) is 6.20 Å². The first-order chi connectivity index (χ1) is 12.0. The van der Waals surface area contributed by atoms with Crippen LogP contribution in [0.5, 0.6) is 0 Å². The predicted molar refractivity (Wildman–Crippen MR) is 88.4 cm³/mol. The van der Waals surface area contributed by atoms with E-state index in [1.165, 1.54) is 16.7 Å². The SMILES string of the molecule is C[C@H](OC(N)=O)c1nc2ccc(F)cc2c(=O)n1Cc1ccccn1. The number of carbonyl (C=O) groups excluding carboxylic acids is 1. The summed E-state index contributed by atoms with van der Waals surface area (Å²) >= 11 is 0. The molecule has 25 heavy (non-hydrogen) atoms. The van der Waals surface area contributed by atoms with Crippen LogP contribution >= 0.6 is 0 Å². The Morgan fingerprint density at radius 3 is 2.84 bits per heavy atom. The number of fused-ring (bicyclic) bond motifs is 1. The molecule has 1 atom stereocenters. The molecule has 2 N–H and O–H groups in total. The summed E-state index contributed by atoms with van der Waals surface area (Å²) in [7, 11) is 0. The van der Waals surface area contributed by atoms with Gasteiger partial charge in [0.1, 0.15) is 5.82 Å². The lowest BCUT2D eigenvalue weighted by molar-refractivity contribution is 0.109. The molecule has 2 heterocycles. The number of ether oxygens (including phenoxy) is 1. The molecule has 0 saturated heterocycles. The van der Waals surface area contributed by atoms with Crippen molar-refractivity contribution in [1.29, 1.82) is 0 Å². The number of pyridine rings is 1. The lowest BCUT2D eigenvalue weighted by Crippen LogP contribution is -2.29. The van der Waals surface area contributed by atoms with Gasteiger partial charge >= 0.3 is 6.09 Å². The van der Waals surface area contributed by atoms with Crippen LogP contribution in [0.4, 0.5) is 9.18 Å². The summed E-state index contributed by atoms with van der Waals surface area (Å²) in [5, 5.41) is 0.131. The fourth-order valence-electron chi connectivity index (χ4n) is 2.55. The summed E-state index contributed by atoms with van der Waals surface area (Å²) in [5.74, 6) is -0.335. The van der Waals surface area contributed by atoms with Gasteiger partial charge in [-0.15, -0.1) is 0 Å². The summed E-state index contributed by atoms with van der Waals surface area (Å²) in [4.78, 5) is 32.5. The Kier molecular flexibility index (Phi) is 4.42. The van der Waals surface area contributed by atoms with Crippen LogP contribution in [0.2, 0.25) is 0 Å². The number of halogens is 1. The zero-order valence-electron chi connectivity index (χ0n) is 13.3. The van der Waals surface area contributed by atoms with Gasteiger partial charge in [-0.2, -0.15) is 0 Å². The molecule has 0 aliphatic heterocycles. The maximum atomic E-state index is 13.5. The van der Waals surface area contributed by atoms with Gasteiger partial charge in [-0.1, -0.05) is 6.07 Å². The van der Waals surface area contributed by atoms with E-state index in [9.17, 15) is 14.0 Å². The average molecular weight is 342 g/mol. The number of hydrogen-bond acceptors (Lipinski definition) is 5. The van der Waals surface area contributed by atoms with Crippen molar-refractivity contribution in [1.82, 2.24) is 14.5 Å². The Balaban J connectivity index is 2.20. The van der Waals surface area contributed by atoms with Crippen LogP contribution in [0.3, 0.4) is 0 Å². The van der Waals surface area contributed by atoms with Crippen LogP contribution in [-0.2, 0) is 11.3 Å². The lowest BCUT2D eigenvalue weighted by atomic mass is 10.2. The van der Waals surface area contributed by atoms with Crippen molar-refractivity contribution >= 4 is 17.0 Å². The number of amides is 1. The molecule has 2 aromatic heterocycles. The minimum absolute atomic E-state index is 0.0981. The average Bonchev–Trinajstić information content (AvgIpc) is 2.58. The van der Waals surface area contributed by atoms with Gasteiger partial charge < -0.3 is 10.5 Å². The Bertz CT molecular complexity index is 988. The number of rotatable bonds is 4. The predicted octanol–water partition coefficient (Wildman–Crippen LogP) is 2.14. The Morgan fingerprint density at radius 2 is 2.16 bits per heavy atom. The molecular formula is C17H15FN4O3. The summed E-state index contributed by atoms with van der Waals surface area (Å²) in [6, 6.07) is 9.01. The summed E-state index contributed by atoms with van der Waals surface area (Å²) in [6.07, 6.45) is -0.244. The molecule has 0 saturated carbocycles. The molecule has 0 fully saturated rings. The van der Waals surface area contributed by atoms with E-state index in [0.29, 0.717) is 11.2 Å². The highest BCUT2D eigenvalue weighted by Crippen LogP contribution is 2.18. The summed E-state index contributed by atoms with van der Waals surface area (Å²) in [5.41, 5.74) is 5.52. The van der Waals surface area contributed by atoms with Gasteiger partial charge in [-0.3, -0.25) is 14.3 Å². The van der Waals surface area contributed by atoms with Crippen LogP contribution in [0.1, 0.15) is 24.5 Å². The van der Waals surface area contributed by atoms with Crippen molar-refractivity contribution in [3.05, 3.63) is 70.3 Å². The fraction of sp³-hybridized carbons (Fsp3) is 0.176. The third-order valence-electron chi connectivity index (χ3n) is 3.65. The topological polar surface area (TPSA) is 100 Å². The van der Waals surface area contributed by atoms with E-state index >= 15 is 0 Å². The quantitative estimate of drug-likeness (QED) is 0.783. The molecule has 0 aliphatic rings. The highest BCUT2D eigenvalue weighted by atomic mass is 19.1. The molecule has 1 amide bonds. The molecule has 3 rings (SSSR count). The molecule has 7 nitrogen and oxygen atoms in total. The van der Waals surface area contributed by atoms with Crippen LogP contribution in [0, 0.1) is 5.82 Å². The monoisotopic (exact) mass is 342 g/mol. The molecule has 128 valence electrons. The summed E-state index contributed by atoms with van der Waals surface area (Å²) in [6.45, 7) is 1.65. The molecular weight excluding hydrogens is 327 g/mol. The normalized spacial score (nSPS) is 12.1. The Morgan fingerprint density at radius 1 is 1.36 bits per heavy atom. The second-order valence-electron chi connectivity index (χ2n) is 5.42. The standard InChI is InChI=1S/C17H15FN4O3/c1-10(25-17(19)24)15-21-14-6-5-11(18)8-13(14)16(23)22(15)9-12-4-2-3-7-20-12/h2-8,10H,9H2,1H3,(H2,19,24)/t10-/m0/s1. The smallest absolute Gasteiger partial charge is 0.405 e. The minimum Gasteiger partial charge on any atom is -0.439 e. The molecule has 0 bridgehead atoms. The number of aromatic nitrogens is 3. The van der Waals surface area contributed by atoms with E-state index in [4.69, 9.17) is 10.5 Å². The van der Waals surface area contributed by atoms with Crippen molar-refractivity contribution in [2.45, 2.75) is 19.6 Å². The van der Waals surface area contributed by atoms with Gasteiger partial charge in [-0.05, 0) is 37.3 Å². The molecule has 8 heteroatoms. The zero-order chi connectivity index (χ0) is 18.0. The third kappa shape index (κ3) is 3.47. The highest BCUT2D eigenvalue weighted by Gasteiger charge is 2.20. The number of hydrogen-bond donors (Lipinski definition) is 1. The maximum absolute atomic E-state index is 13.5. The van der Waals surface area contributed by atoms with E-state index in [-0.39, 0.29) is 17.8 Å². The van der Waals surface area contributed by atoms with E-state index in [1.54, 1.807) is 31.3 Å². The van der Waals surface area contributed by atoms with Crippen LogP contribution in [-0.4, -0.2) is 20.6 Å². The Labute approximate surface area is 141 Å². The van der Waals surface area contributed by atoms with Gasteiger partial charge in [-0.25, -0.2) is 14.2 Å². The van der Waals surface area contributed by atoms with Crippen LogP contribution in [0.15, 0.2) is 47.4 Å². The van der Waals surface area contributed by atoms with E-state index < -0.39 is 23.6 Å². The van der Waals surface area contributed by atoms with Gasteiger partial charge in [0.15, 0.2) is 11.9 Å². The van der Waals surface area contributed by atoms with E-state index in [0.717, 1.165) is 6.07 Å². The molecule has 0 unspecified atom stereocenters. The fourth-order valence-corrected chi connectivity index (χ4v) is 2.55. The lowest BCUT2D eigenvalue weighted by Gasteiger charge is -2.18. The van der Waals surface area contributed by atoms with E-state index in [1.807, 2.05) is 0 Å². The number of primary amides is 1. The number of carbonyl (C=O) groups is 1. The first-order valence-electron chi connectivity index (χ1n) is 7.51. The number of benzene rings is 1. The van der Waals surface area contributed by atoms with Crippen molar-refractivity contribution in [3.63, 3.8) is 0 Å². The van der Waals surface area contributed by atoms with Crippen molar-refractivity contribution in [3.8, 4) is 0 Å². The van der Waals surface area contributed by atoms with Gasteiger partial charge in [0.05, 0.1) is 23.1 Å². The largest absolute Gasteiger partial charge is 0.439 e. The Hall–Kier alpha value is -3.29.